The average molecular weight is 326 g/mol. The summed E-state index contributed by atoms with van der Waals surface area (Å²) in [5.74, 6) is 1.48. The number of amides is 1. The lowest BCUT2D eigenvalue weighted by Gasteiger charge is -2.27. The summed E-state index contributed by atoms with van der Waals surface area (Å²) in [6.45, 7) is 11.6. The van der Waals surface area contributed by atoms with Crippen molar-refractivity contribution in [1.29, 1.82) is 0 Å². The fourth-order valence-electron chi connectivity index (χ4n) is 2.59. The van der Waals surface area contributed by atoms with E-state index in [0.717, 1.165) is 57.4 Å². The monoisotopic (exact) mass is 326 g/mol. The first-order chi connectivity index (χ1) is 10.8. The molecule has 0 atom stereocenters. The molecule has 1 heterocycles. The molecule has 0 saturated carbocycles. The maximum atomic E-state index is 11.9. The van der Waals surface area contributed by atoms with Gasteiger partial charge >= 0.3 is 0 Å². The number of rotatable bonds is 6. The summed E-state index contributed by atoms with van der Waals surface area (Å²) >= 11 is 0. The fourth-order valence-corrected chi connectivity index (χ4v) is 2.59. The average Bonchev–Trinajstić information content (AvgIpc) is 2.48. The molecule has 0 aromatic heterocycles. The lowest BCUT2D eigenvalue weighted by molar-refractivity contribution is -0.121. The summed E-state index contributed by atoms with van der Waals surface area (Å²) < 4.78 is 5.40. The van der Waals surface area contributed by atoms with E-state index in [-0.39, 0.29) is 18.0 Å². The molecular weight excluding hydrogens is 292 g/mol. The second-order valence-corrected chi connectivity index (χ2v) is 7.23. The van der Waals surface area contributed by atoms with E-state index in [1.54, 1.807) is 0 Å². The Morgan fingerprint density at radius 2 is 1.96 bits per heavy atom. The van der Waals surface area contributed by atoms with Crippen LogP contribution < -0.4 is 10.6 Å². The lowest BCUT2D eigenvalue weighted by Crippen LogP contribution is -2.44. The second kappa shape index (κ2) is 9.75. The maximum absolute atomic E-state index is 11.9. The van der Waals surface area contributed by atoms with E-state index in [1.807, 2.05) is 34.7 Å². The van der Waals surface area contributed by atoms with Crippen LogP contribution in [0.4, 0.5) is 0 Å². The van der Waals surface area contributed by atoms with Crippen LogP contribution in [0.2, 0.25) is 0 Å². The number of nitrogens with one attached hydrogen (secondary N) is 2. The van der Waals surface area contributed by atoms with Crippen molar-refractivity contribution in [2.45, 2.75) is 52.5 Å². The Labute approximate surface area is 141 Å². The Hall–Kier alpha value is -1.30. The standard InChI is InChI=1S/C17H34N4O2/c1-6-18-16(19-13-15(22)20-17(2,3)4)21(5)10-7-14-8-11-23-12-9-14/h14H,6-13H2,1-5H3,(H,18,19)(H,20,22). The van der Waals surface area contributed by atoms with E-state index in [0.29, 0.717) is 0 Å². The van der Waals surface area contributed by atoms with E-state index in [9.17, 15) is 4.79 Å². The molecule has 1 aliphatic rings. The van der Waals surface area contributed by atoms with Gasteiger partial charge in [0, 0.05) is 38.9 Å². The SMILES string of the molecule is CCNC(=NCC(=O)NC(C)(C)C)N(C)CCC1CCOCC1. The van der Waals surface area contributed by atoms with Gasteiger partial charge in [0.05, 0.1) is 0 Å². The van der Waals surface area contributed by atoms with Gasteiger partial charge in [-0.15, -0.1) is 0 Å². The first kappa shape index (κ1) is 19.7. The Balaban J connectivity index is 2.47. The summed E-state index contributed by atoms with van der Waals surface area (Å²) in [6, 6.07) is 0. The van der Waals surface area contributed by atoms with Crippen molar-refractivity contribution >= 4 is 11.9 Å². The fraction of sp³-hybridized carbons (Fsp3) is 0.882. The van der Waals surface area contributed by atoms with Gasteiger partial charge in [-0.2, -0.15) is 0 Å². The van der Waals surface area contributed by atoms with Crippen LogP contribution in [0.1, 0.15) is 47.0 Å². The highest BCUT2D eigenvalue weighted by Crippen LogP contribution is 2.18. The molecule has 2 N–H and O–H groups in total. The van der Waals surface area contributed by atoms with Gasteiger partial charge in [0.15, 0.2) is 5.96 Å². The predicted molar refractivity (Wildman–Crippen MR) is 94.7 cm³/mol. The number of hydrogen-bond donors (Lipinski definition) is 2. The van der Waals surface area contributed by atoms with Crippen LogP contribution in [0.3, 0.4) is 0 Å². The molecule has 134 valence electrons. The normalized spacial score (nSPS) is 17.0. The molecular formula is C17H34N4O2. The molecule has 1 saturated heterocycles. The zero-order valence-electron chi connectivity index (χ0n) is 15.4. The molecule has 1 rings (SSSR count). The van der Waals surface area contributed by atoms with Crippen LogP contribution in [0.5, 0.6) is 0 Å². The Bertz CT molecular complexity index is 385. The van der Waals surface area contributed by atoms with Crippen molar-refractivity contribution in [3.63, 3.8) is 0 Å². The van der Waals surface area contributed by atoms with Crippen LogP contribution in [-0.4, -0.2) is 62.2 Å². The third kappa shape index (κ3) is 8.79. The minimum atomic E-state index is -0.222. The topological polar surface area (TPSA) is 66.0 Å². The number of carbonyl (C=O) groups excluding carboxylic acids is 1. The third-order valence-electron chi connectivity index (χ3n) is 3.80. The van der Waals surface area contributed by atoms with Gasteiger partial charge < -0.3 is 20.3 Å². The van der Waals surface area contributed by atoms with E-state index < -0.39 is 0 Å². The van der Waals surface area contributed by atoms with Crippen molar-refractivity contribution in [2.75, 3.05) is 39.9 Å². The molecule has 6 heteroatoms. The number of carbonyl (C=O) groups is 1. The lowest BCUT2D eigenvalue weighted by atomic mass is 9.96. The summed E-state index contributed by atoms with van der Waals surface area (Å²) in [4.78, 5) is 18.5. The molecule has 0 aliphatic carbocycles. The van der Waals surface area contributed by atoms with E-state index in [4.69, 9.17) is 4.74 Å². The van der Waals surface area contributed by atoms with Gasteiger partial charge in [0.25, 0.3) is 0 Å². The number of nitrogens with zero attached hydrogens (tertiary/aromatic N) is 2. The Morgan fingerprint density at radius 3 is 2.52 bits per heavy atom. The first-order valence-corrected chi connectivity index (χ1v) is 8.70. The quantitative estimate of drug-likeness (QED) is 0.575. The summed E-state index contributed by atoms with van der Waals surface area (Å²) in [5, 5.41) is 6.19. The maximum Gasteiger partial charge on any atom is 0.242 e. The minimum Gasteiger partial charge on any atom is -0.381 e. The van der Waals surface area contributed by atoms with Crippen molar-refractivity contribution in [3.8, 4) is 0 Å². The first-order valence-electron chi connectivity index (χ1n) is 8.70. The number of aliphatic imine (C=N–C) groups is 1. The third-order valence-corrected chi connectivity index (χ3v) is 3.80. The highest BCUT2D eigenvalue weighted by Gasteiger charge is 2.16. The van der Waals surface area contributed by atoms with Crippen molar-refractivity contribution in [2.24, 2.45) is 10.9 Å². The number of guanidine groups is 1. The van der Waals surface area contributed by atoms with Gasteiger partial charge in [0.2, 0.25) is 5.91 Å². The van der Waals surface area contributed by atoms with Crippen molar-refractivity contribution < 1.29 is 9.53 Å². The molecule has 0 spiro atoms. The zero-order chi connectivity index (χ0) is 17.3. The second-order valence-electron chi connectivity index (χ2n) is 7.23. The smallest absolute Gasteiger partial charge is 0.242 e. The number of ether oxygens (including phenoxy) is 1. The van der Waals surface area contributed by atoms with Gasteiger partial charge in [0.1, 0.15) is 6.54 Å². The van der Waals surface area contributed by atoms with Crippen LogP contribution in [-0.2, 0) is 9.53 Å². The number of hydrogen-bond acceptors (Lipinski definition) is 3. The molecule has 1 aliphatic heterocycles. The largest absolute Gasteiger partial charge is 0.381 e. The molecule has 0 bridgehead atoms. The van der Waals surface area contributed by atoms with Gasteiger partial charge in [-0.05, 0) is 52.9 Å². The highest BCUT2D eigenvalue weighted by molar-refractivity contribution is 5.85. The summed E-state index contributed by atoms with van der Waals surface area (Å²) in [7, 11) is 2.03. The van der Waals surface area contributed by atoms with Crippen LogP contribution in [0.15, 0.2) is 4.99 Å². The molecule has 0 radical (unpaired) electrons. The Morgan fingerprint density at radius 1 is 1.30 bits per heavy atom. The van der Waals surface area contributed by atoms with Gasteiger partial charge in [-0.3, -0.25) is 4.79 Å². The van der Waals surface area contributed by atoms with E-state index in [2.05, 4.69) is 20.5 Å². The van der Waals surface area contributed by atoms with E-state index >= 15 is 0 Å². The Kier molecular flexibility index (Phi) is 8.37. The van der Waals surface area contributed by atoms with Gasteiger partial charge in [-0.1, -0.05) is 0 Å². The highest BCUT2D eigenvalue weighted by atomic mass is 16.5. The molecule has 0 aromatic carbocycles. The summed E-state index contributed by atoms with van der Waals surface area (Å²) in [5.41, 5.74) is -0.222. The summed E-state index contributed by atoms with van der Waals surface area (Å²) in [6.07, 6.45) is 3.43. The van der Waals surface area contributed by atoms with E-state index in [1.165, 1.54) is 0 Å². The minimum absolute atomic E-state index is 0.0502. The predicted octanol–water partition coefficient (Wildman–Crippen LogP) is 1.62. The van der Waals surface area contributed by atoms with Crippen LogP contribution in [0.25, 0.3) is 0 Å². The zero-order valence-corrected chi connectivity index (χ0v) is 15.4. The molecule has 0 unspecified atom stereocenters. The molecule has 1 amide bonds. The molecule has 0 aromatic rings. The molecule has 1 fully saturated rings. The van der Waals surface area contributed by atoms with Gasteiger partial charge in [-0.25, -0.2) is 4.99 Å². The van der Waals surface area contributed by atoms with Crippen LogP contribution in [0, 0.1) is 5.92 Å². The van der Waals surface area contributed by atoms with Crippen LogP contribution >= 0.6 is 0 Å². The molecule has 23 heavy (non-hydrogen) atoms. The van der Waals surface area contributed by atoms with Crippen molar-refractivity contribution in [3.05, 3.63) is 0 Å². The van der Waals surface area contributed by atoms with Crippen molar-refractivity contribution in [1.82, 2.24) is 15.5 Å². The molecule has 6 nitrogen and oxygen atoms in total.